The summed E-state index contributed by atoms with van der Waals surface area (Å²) in [5.74, 6) is 0. The van der Waals surface area contributed by atoms with Crippen molar-refractivity contribution in [2.45, 2.75) is 4.90 Å². The van der Waals surface area contributed by atoms with E-state index in [2.05, 4.69) is 28.0 Å². The van der Waals surface area contributed by atoms with Crippen LogP contribution in [0.15, 0.2) is 28.3 Å². The number of aliphatic imine (C=N–C) groups is 1. The topological polar surface area (TPSA) is 43.4 Å². The molecule has 1 aliphatic heterocycles. The SMILES string of the molecule is CN1CN=CN1.Sc1cc[nH]c1. The third kappa shape index (κ3) is 3.45. The van der Waals surface area contributed by atoms with Gasteiger partial charge in [-0.3, -0.25) is 4.99 Å². The predicted molar refractivity (Wildman–Crippen MR) is 52.3 cm³/mol. The number of hydrogen-bond acceptors (Lipinski definition) is 4. The summed E-state index contributed by atoms with van der Waals surface area (Å²) < 4.78 is 0. The number of hydrogen-bond donors (Lipinski definition) is 3. The highest BCUT2D eigenvalue weighted by Gasteiger charge is 1.93. The molecule has 2 N–H and O–H groups in total. The second-order valence-electron chi connectivity index (χ2n) is 2.35. The second kappa shape index (κ2) is 4.84. The molecule has 0 spiro atoms. The molecule has 0 radical (unpaired) electrons. The van der Waals surface area contributed by atoms with Crippen molar-refractivity contribution >= 4 is 19.0 Å². The molecule has 2 heterocycles. The van der Waals surface area contributed by atoms with Crippen LogP contribution in [0.3, 0.4) is 0 Å². The van der Waals surface area contributed by atoms with Crippen molar-refractivity contribution in [1.29, 1.82) is 0 Å². The summed E-state index contributed by atoms with van der Waals surface area (Å²) in [4.78, 5) is 7.69. The van der Waals surface area contributed by atoms with Crippen LogP contribution in [0, 0.1) is 0 Å². The Bertz CT molecular complexity index is 224. The van der Waals surface area contributed by atoms with Crippen LogP contribution in [0.4, 0.5) is 0 Å². The van der Waals surface area contributed by atoms with Crippen molar-refractivity contribution in [2.75, 3.05) is 13.7 Å². The lowest BCUT2D eigenvalue weighted by Gasteiger charge is -2.02. The number of H-pyrrole nitrogens is 1. The van der Waals surface area contributed by atoms with Crippen molar-refractivity contribution in [1.82, 2.24) is 15.4 Å². The maximum Gasteiger partial charge on any atom is 0.110 e. The minimum absolute atomic E-state index is 0.778. The van der Waals surface area contributed by atoms with Gasteiger partial charge < -0.3 is 10.4 Å². The molecule has 0 amide bonds. The van der Waals surface area contributed by atoms with Crippen LogP contribution in [0.1, 0.15) is 0 Å². The minimum atomic E-state index is 0.778. The number of hydrazine groups is 1. The zero-order valence-electron chi connectivity index (χ0n) is 6.86. The Kier molecular flexibility index (Phi) is 3.69. The van der Waals surface area contributed by atoms with Gasteiger partial charge in [-0.1, -0.05) is 0 Å². The maximum atomic E-state index is 4.00. The fraction of sp³-hybridized carbons (Fsp3) is 0.286. The van der Waals surface area contributed by atoms with Crippen molar-refractivity contribution in [2.24, 2.45) is 4.99 Å². The summed E-state index contributed by atoms with van der Waals surface area (Å²) in [6.07, 6.45) is 5.34. The Morgan fingerprint density at radius 3 is 2.67 bits per heavy atom. The molecular formula is C7H12N4S. The van der Waals surface area contributed by atoms with Gasteiger partial charge in [-0.2, -0.15) is 0 Å². The first-order valence-electron chi connectivity index (χ1n) is 3.56. The smallest absolute Gasteiger partial charge is 0.110 e. The summed E-state index contributed by atoms with van der Waals surface area (Å²) >= 11 is 4.00. The highest BCUT2D eigenvalue weighted by Crippen LogP contribution is 1.98. The number of nitrogens with zero attached hydrogens (tertiary/aromatic N) is 2. The van der Waals surface area contributed by atoms with Crippen molar-refractivity contribution < 1.29 is 0 Å². The zero-order valence-corrected chi connectivity index (χ0v) is 7.75. The van der Waals surface area contributed by atoms with Gasteiger partial charge in [0, 0.05) is 24.3 Å². The number of thiol groups is 1. The molecule has 1 aliphatic rings. The number of rotatable bonds is 0. The van der Waals surface area contributed by atoms with Gasteiger partial charge in [-0.15, -0.1) is 12.6 Å². The first-order chi connectivity index (χ1) is 5.79. The van der Waals surface area contributed by atoms with Crippen LogP contribution in [-0.2, 0) is 0 Å². The van der Waals surface area contributed by atoms with Crippen LogP contribution >= 0.6 is 12.6 Å². The maximum absolute atomic E-state index is 4.00. The Balaban J connectivity index is 0.000000120. The summed E-state index contributed by atoms with van der Waals surface area (Å²) in [5, 5.41) is 1.89. The van der Waals surface area contributed by atoms with E-state index in [4.69, 9.17) is 0 Å². The van der Waals surface area contributed by atoms with Gasteiger partial charge in [0.1, 0.15) is 6.67 Å². The molecule has 66 valence electrons. The van der Waals surface area contributed by atoms with E-state index in [0.717, 1.165) is 11.6 Å². The normalized spacial score (nSPS) is 15.2. The van der Waals surface area contributed by atoms with Gasteiger partial charge in [0.15, 0.2) is 0 Å². The zero-order chi connectivity index (χ0) is 8.81. The van der Waals surface area contributed by atoms with E-state index in [1.54, 1.807) is 6.34 Å². The Morgan fingerprint density at radius 1 is 1.67 bits per heavy atom. The van der Waals surface area contributed by atoms with E-state index in [9.17, 15) is 0 Å². The molecular weight excluding hydrogens is 172 g/mol. The molecule has 0 aliphatic carbocycles. The second-order valence-corrected chi connectivity index (χ2v) is 2.87. The molecule has 5 heteroatoms. The van der Waals surface area contributed by atoms with E-state index in [1.165, 1.54) is 0 Å². The monoisotopic (exact) mass is 184 g/mol. The molecule has 2 rings (SSSR count). The Morgan fingerprint density at radius 2 is 2.50 bits per heavy atom. The minimum Gasteiger partial charge on any atom is -0.367 e. The first-order valence-corrected chi connectivity index (χ1v) is 4.01. The van der Waals surface area contributed by atoms with Crippen molar-refractivity contribution in [3.63, 3.8) is 0 Å². The van der Waals surface area contributed by atoms with E-state index in [0.29, 0.717) is 0 Å². The highest BCUT2D eigenvalue weighted by atomic mass is 32.1. The van der Waals surface area contributed by atoms with Gasteiger partial charge in [0.25, 0.3) is 0 Å². The van der Waals surface area contributed by atoms with Crippen LogP contribution in [-0.4, -0.2) is 30.0 Å². The fourth-order valence-electron chi connectivity index (χ4n) is 0.659. The lowest BCUT2D eigenvalue weighted by molar-refractivity contribution is 0.333. The van der Waals surface area contributed by atoms with Crippen LogP contribution < -0.4 is 5.43 Å². The third-order valence-corrected chi connectivity index (χ3v) is 1.52. The molecule has 1 aromatic rings. The Labute approximate surface area is 77.1 Å². The largest absolute Gasteiger partial charge is 0.367 e. The van der Waals surface area contributed by atoms with Crippen LogP contribution in [0.25, 0.3) is 0 Å². The number of nitrogens with one attached hydrogen (secondary N) is 2. The van der Waals surface area contributed by atoms with Gasteiger partial charge in [-0.05, 0) is 6.07 Å². The van der Waals surface area contributed by atoms with E-state index in [-0.39, 0.29) is 0 Å². The van der Waals surface area contributed by atoms with Gasteiger partial charge in [-0.25, -0.2) is 5.01 Å². The molecule has 0 unspecified atom stereocenters. The molecule has 0 aromatic carbocycles. The molecule has 0 fully saturated rings. The third-order valence-electron chi connectivity index (χ3n) is 1.24. The van der Waals surface area contributed by atoms with Crippen LogP contribution in [0.5, 0.6) is 0 Å². The molecule has 0 atom stereocenters. The van der Waals surface area contributed by atoms with Gasteiger partial charge in [0.2, 0.25) is 0 Å². The van der Waals surface area contributed by atoms with E-state index < -0.39 is 0 Å². The molecule has 0 bridgehead atoms. The number of aromatic nitrogens is 1. The summed E-state index contributed by atoms with van der Waals surface area (Å²) in [6, 6.07) is 1.89. The quantitative estimate of drug-likeness (QED) is 0.520. The Hall–Kier alpha value is -0.940. The molecule has 1 aromatic heterocycles. The standard InChI is InChI=1S/C4H5NS.C3H7N3/c6-4-1-2-5-3-4;1-6-3-4-2-5-6/h1-3,5-6H;2H,3H2,1H3,(H,4,5). The van der Waals surface area contributed by atoms with E-state index in [1.807, 2.05) is 30.5 Å². The van der Waals surface area contributed by atoms with Crippen molar-refractivity contribution in [3.8, 4) is 0 Å². The lowest BCUT2D eigenvalue weighted by atomic mass is 10.7. The lowest BCUT2D eigenvalue weighted by Crippen LogP contribution is -2.26. The molecule has 0 saturated carbocycles. The molecule has 0 saturated heterocycles. The van der Waals surface area contributed by atoms with Gasteiger partial charge in [0.05, 0.1) is 6.34 Å². The number of aromatic amines is 1. The first kappa shape index (κ1) is 9.15. The van der Waals surface area contributed by atoms with E-state index >= 15 is 0 Å². The summed E-state index contributed by atoms with van der Waals surface area (Å²) in [7, 11) is 1.94. The highest BCUT2D eigenvalue weighted by molar-refractivity contribution is 7.80. The average molecular weight is 184 g/mol. The summed E-state index contributed by atoms with van der Waals surface area (Å²) in [5.41, 5.74) is 2.86. The predicted octanol–water partition coefficient (Wildman–Crippen LogP) is 0.726. The summed E-state index contributed by atoms with van der Waals surface area (Å²) in [6.45, 7) is 0.778. The molecule has 12 heavy (non-hydrogen) atoms. The van der Waals surface area contributed by atoms with Gasteiger partial charge >= 0.3 is 0 Å². The fourth-order valence-corrected chi connectivity index (χ4v) is 0.808. The average Bonchev–Trinajstić information content (AvgIpc) is 2.63. The molecule has 4 nitrogen and oxygen atoms in total. The van der Waals surface area contributed by atoms with Crippen LogP contribution in [0.2, 0.25) is 0 Å². The van der Waals surface area contributed by atoms with Crippen molar-refractivity contribution in [3.05, 3.63) is 18.5 Å².